The molecule has 94 valence electrons. The minimum Gasteiger partial charge on any atom is -0.356 e. The number of halogens is 3. The molecule has 0 aliphatic carbocycles. The third-order valence-electron chi connectivity index (χ3n) is 2.32. The number of hydrogen-bond acceptors (Lipinski definition) is 1. The second-order valence-corrected chi connectivity index (χ2v) is 6.41. The van der Waals surface area contributed by atoms with Gasteiger partial charge in [-0.2, -0.15) is 0 Å². The van der Waals surface area contributed by atoms with Crippen LogP contribution in [0.4, 0.5) is 5.69 Å². The summed E-state index contributed by atoms with van der Waals surface area (Å²) in [6, 6.07) is 5.63. The Balaban J connectivity index is 2.27. The summed E-state index contributed by atoms with van der Waals surface area (Å²) < 4.78 is 2.52. The summed E-state index contributed by atoms with van der Waals surface area (Å²) >= 11 is 10.2. The van der Waals surface area contributed by atoms with Gasteiger partial charge in [-0.3, -0.25) is 4.79 Å². The number of hydrogen-bond donors (Lipinski definition) is 2. The summed E-state index contributed by atoms with van der Waals surface area (Å²) in [7, 11) is 0. The van der Waals surface area contributed by atoms with Gasteiger partial charge in [-0.15, -0.1) is 0 Å². The van der Waals surface area contributed by atoms with Crippen molar-refractivity contribution in [3.05, 3.63) is 49.1 Å². The third kappa shape index (κ3) is 3.05. The highest BCUT2D eigenvalue weighted by molar-refractivity contribution is 9.11. The van der Waals surface area contributed by atoms with Gasteiger partial charge >= 0.3 is 0 Å². The fraction of sp³-hybridized carbons (Fsp3) is 0.0833. The quantitative estimate of drug-likeness (QED) is 0.693. The molecule has 1 aromatic carbocycles. The molecule has 0 aliphatic rings. The highest BCUT2D eigenvalue weighted by Gasteiger charge is 2.13. The molecule has 3 nitrogen and oxygen atoms in total. The summed E-state index contributed by atoms with van der Waals surface area (Å²) in [5.41, 5.74) is 2.33. The molecule has 2 rings (SSSR count). The van der Waals surface area contributed by atoms with E-state index in [0.717, 1.165) is 24.7 Å². The van der Waals surface area contributed by atoms with E-state index < -0.39 is 0 Å². The van der Waals surface area contributed by atoms with Crippen molar-refractivity contribution < 1.29 is 4.79 Å². The Kier molecular flexibility index (Phi) is 4.29. The number of carbonyl (C=O) groups excluding carboxylic acids is 1. The smallest absolute Gasteiger partial charge is 0.272 e. The lowest BCUT2D eigenvalue weighted by atomic mass is 10.2. The van der Waals surface area contributed by atoms with Crippen molar-refractivity contribution in [3.8, 4) is 0 Å². The minimum absolute atomic E-state index is 0.189. The Morgan fingerprint density at radius 1 is 1.17 bits per heavy atom. The molecule has 6 heteroatoms. The zero-order valence-electron chi connectivity index (χ0n) is 9.35. The van der Waals surface area contributed by atoms with E-state index in [1.54, 1.807) is 12.3 Å². The molecule has 0 bridgehead atoms. The van der Waals surface area contributed by atoms with Crippen LogP contribution >= 0.6 is 47.8 Å². The highest BCUT2D eigenvalue weighted by Crippen LogP contribution is 2.32. The zero-order valence-corrected chi connectivity index (χ0v) is 14.1. The predicted octanol–water partition coefficient (Wildman–Crippen LogP) is 4.86. The maximum atomic E-state index is 12.0. The second kappa shape index (κ2) is 5.59. The Hall–Kier alpha value is -0.590. The van der Waals surface area contributed by atoms with Crippen LogP contribution in [-0.4, -0.2) is 10.9 Å². The van der Waals surface area contributed by atoms with Crippen molar-refractivity contribution in [2.45, 2.75) is 6.92 Å². The summed E-state index contributed by atoms with van der Waals surface area (Å²) in [5, 5.41) is 2.85. The average molecular weight is 437 g/mol. The van der Waals surface area contributed by atoms with Crippen molar-refractivity contribution in [1.29, 1.82) is 0 Å². The van der Waals surface area contributed by atoms with E-state index in [0.29, 0.717) is 5.69 Å². The first-order chi connectivity index (χ1) is 8.47. The van der Waals surface area contributed by atoms with E-state index in [1.807, 2.05) is 19.1 Å². The van der Waals surface area contributed by atoms with Crippen molar-refractivity contribution >= 4 is 59.4 Å². The van der Waals surface area contributed by atoms with E-state index in [9.17, 15) is 4.79 Å². The zero-order chi connectivity index (χ0) is 13.3. The summed E-state index contributed by atoms with van der Waals surface area (Å²) in [6.07, 6.45) is 1.72. The molecule has 0 fully saturated rings. The highest BCUT2D eigenvalue weighted by atomic mass is 79.9. The molecular formula is C12H9Br3N2O. The fourth-order valence-electron chi connectivity index (χ4n) is 1.50. The third-order valence-corrected chi connectivity index (χ3v) is 4.03. The molecule has 0 unspecified atom stereocenters. The molecule has 0 saturated heterocycles. The Labute approximate surface area is 130 Å². The predicted molar refractivity (Wildman–Crippen MR) is 83.0 cm³/mol. The molecule has 2 N–H and O–H groups in total. The lowest BCUT2D eigenvalue weighted by molar-refractivity contribution is 0.102. The Morgan fingerprint density at radius 2 is 1.78 bits per heavy atom. The molecule has 2 aromatic rings. The molecule has 1 amide bonds. The lowest BCUT2D eigenvalue weighted by Crippen LogP contribution is -2.13. The standard InChI is InChI=1S/C12H9Br3N2O/c1-6-2-8(14)11(9(15)3-6)17-12(18)10-4-7(13)5-16-10/h2-5,16H,1H3,(H,17,18). The molecule has 1 aromatic heterocycles. The summed E-state index contributed by atoms with van der Waals surface area (Å²) in [6.45, 7) is 1.99. The van der Waals surface area contributed by atoms with Crippen molar-refractivity contribution in [2.75, 3.05) is 5.32 Å². The van der Waals surface area contributed by atoms with Crippen LogP contribution in [0.15, 0.2) is 37.8 Å². The van der Waals surface area contributed by atoms with Gasteiger partial charge in [0.25, 0.3) is 5.91 Å². The number of rotatable bonds is 2. The van der Waals surface area contributed by atoms with Crippen LogP contribution in [0.1, 0.15) is 16.1 Å². The van der Waals surface area contributed by atoms with Gasteiger partial charge in [0, 0.05) is 19.6 Å². The van der Waals surface area contributed by atoms with Crippen LogP contribution in [0.3, 0.4) is 0 Å². The molecule has 0 spiro atoms. The second-order valence-electron chi connectivity index (χ2n) is 3.79. The summed E-state index contributed by atoms with van der Waals surface area (Å²) in [4.78, 5) is 14.9. The van der Waals surface area contributed by atoms with E-state index in [1.165, 1.54) is 0 Å². The van der Waals surface area contributed by atoms with Gasteiger partial charge in [0.15, 0.2) is 0 Å². The lowest BCUT2D eigenvalue weighted by Gasteiger charge is -2.10. The molecule has 0 saturated carbocycles. The fourth-order valence-corrected chi connectivity index (χ4v) is 3.46. The van der Waals surface area contributed by atoms with Crippen LogP contribution in [0.5, 0.6) is 0 Å². The SMILES string of the molecule is Cc1cc(Br)c(NC(=O)c2cc(Br)c[nH]2)c(Br)c1. The first-order valence-corrected chi connectivity index (χ1v) is 7.46. The number of carbonyl (C=O) groups is 1. The van der Waals surface area contributed by atoms with E-state index >= 15 is 0 Å². The number of nitrogens with one attached hydrogen (secondary N) is 2. The van der Waals surface area contributed by atoms with Gasteiger partial charge in [-0.05, 0) is 78.5 Å². The van der Waals surface area contributed by atoms with Crippen LogP contribution in [0, 0.1) is 6.92 Å². The topological polar surface area (TPSA) is 44.9 Å². The van der Waals surface area contributed by atoms with Gasteiger partial charge in [0.05, 0.1) is 5.69 Å². The van der Waals surface area contributed by atoms with E-state index in [2.05, 4.69) is 58.1 Å². The number of aromatic nitrogens is 1. The van der Waals surface area contributed by atoms with Crippen molar-refractivity contribution in [2.24, 2.45) is 0 Å². The van der Waals surface area contributed by atoms with Crippen LogP contribution in [0.2, 0.25) is 0 Å². The maximum Gasteiger partial charge on any atom is 0.272 e. The molecule has 0 aliphatic heterocycles. The van der Waals surface area contributed by atoms with Gasteiger partial charge in [-0.1, -0.05) is 0 Å². The molecule has 0 radical (unpaired) electrons. The van der Waals surface area contributed by atoms with Gasteiger partial charge in [0.2, 0.25) is 0 Å². The maximum absolute atomic E-state index is 12.0. The van der Waals surface area contributed by atoms with Crippen LogP contribution < -0.4 is 5.32 Å². The minimum atomic E-state index is -0.189. The number of H-pyrrole nitrogens is 1. The number of aromatic amines is 1. The normalized spacial score (nSPS) is 10.4. The van der Waals surface area contributed by atoms with E-state index in [4.69, 9.17) is 0 Å². The molecule has 0 atom stereocenters. The first kappa shape index (κ1) is 13.8. The summed E-state index contributed by atoms with van der Waals surface area (Å²) in [5.74, 6) is -0.189. The average Bonchev–Trinajstić information content (AvgIpc) is 2.70. The van der Waals surface area contributed by atoms with Gasteiger partial charge in [-0.25, -0.2) is 0 Å². The van der Waals surface area contributed by atoms with E-state index in [-0.39, 0.29) is 5.91 Å². The van der Waals surface area contributed by atoms with Gasteiger partial charge in [0.1, 0.15) is 5.69 Å². The van der Waals surface area contributed by atoms with Crippen LogP contribution in [0.25, 0.3) is 0 Å². The largest absolute Gasteiger partial charge is 0.356 e. The molecule has 18 heavy (non-hydrogen) atoms. The van der Waals surface area contributed by atoms with Crippen molar-refractivity contribution in [3.63, 3.8) is 0 Å². The number of amides is 1. The monoisotopic (exact) mass is 434 g/mol. The van der Waals surface area contributed by atoms with Crippen molar-refractivity contribution in [1.82, 2.24) is 4.98 Å². The number of anilines is 1. The first-order valence-electron chi connectivity index (χ1n) is 5.08. The molecule has 1 heterocycles. The Morgan fingerprint density at radius 3 is 2.28 bits per heavy atom. The molecular weight excluding hydrogens is 428 g/mol. The van der Waals surface area contributed by atoms with Crippen LogP contribution in [-0.2, 0) is 0 Å². The Bertz CT molecular complexity index is 584. The number of aryl methyl sites for hydroxylation is 1. The number of benzene rings is 1. The van der Waals surface area contributed by atoms with Gasteiger partial charge < -0.3 is 10.3 Å².